The van der Waals surface area contributed by atoms with Crippen molar-refractivity contribution in [3.8, 4) is 0 Å². The van der Waals surface area contributed by atoms with Crippen molar-refractivity contribution in [3.63, 3.8) is 0 Å². The average Bonchev–Trinajstić information content (AvgIpc) is 3.32. The minimum Gasteiger partial charge on any atom is -0.457 e. The highest BCUT2D eigenvalue weighted by molar-refractivity contribution is 6.03. The van der Waals surface area contributed by atoms with Crippen molar-refractivity contribution in [1.82, 2.24) is 0 Å². The number of Topliss-reactive ketones (excluding diaryl/α,β-unsaturated/α-hetero) is 2. The van der Waals surface area contributed by atoms with Crippen molar-refractivity contribution < 1.29 is 150 Å². The summed E-state index contributed by atoms with van der Waals surface area (Å²) in [6.45, 7) is -2.58. The summed E-state index contributed by atoms with van der Waals surface area (Å²) in [5.41, 5.74) is -5.03. The van der Waals surface area contributed by atoms with Crippen LogP contribution in [0.5, 0.6) is 0 Å². The number of hydrogen-bond acceptors (Lipinski definition) is 10. The lowest BCUT2D eigenvalue weighted by molar-refractivity contribution is -0.475. The minimum atomic E-state index is -7.39. The van der Waals surface area contributed by atoms with E-state index in [9.17, 15) is 135 Å². The normalized spacial score (nSPS) is 16.2. The maximum Gasteiger partial charge on any atom is 0.462 e. The number of aliphatic hydroxyl groups is 3. The van der Waals surface area contributed by atoms with Crippen molar-refractivity contribution in [2.24, 2.45) is 0 Å². The molecule has 0 bridgehead atoms. The Morgan fingerprint density at radius 3 is 0.960 bits per heavy atom. The Hall–Kier alpha value is -6.45. The van der Waals surface area contributed by atoms with Crippen LogP contribution in [0.25, 0.3) is 0 Å². The maximum atomic E-state index is 14.4. The second kappa shape index (κ2) is 22.8. The van der Waals surface area contributed by atoms with Crippen LogP contribution in [0.3, 0.4) is 0 Å². The highest BCUT2D eigenvalue weighted by Crippen LogP contribution is 2.53. The molecule has 0 spiro atoms. The maximum absolute atomic E-state index is 14.4. The molecule has 416 valence electrons. The largest absolute Gasteiger partial charge is 0.462 e. The van der Waals surface area contributed by atoms with E-state index in [1.165, 1.54) is 41.1 Å². The van der Waals surface area contributed by atoms with Crippen molar-refractivity contribution in [1.29, 1.82) is 0 Å². The van der Waals surface area contributed by atoms with E-state index < -0.39 is 114 Å². The molecule has 0 saturated carbocycles. The van der Waals surface area contributed by atoms with Gasteiger partial charge in [0.15, 0.2) is 11.2 Å². The number of carbonyl (C=O) groups excluding carboxylic acids is 4. The summed E-state index contributed by atoms with van der Waals surface area (Å²) < 4.78 is 294. The minimum absolute atomic E-state index is 0.333. The zero-order valence-electron chi connectivity index (χ0n) is 35.9. The predicted octanol–water partition coefficient (Wildman–Crippen LogP) is 10.6. The third-order valence-corrected chi connectivity index (χ3v) is 9.19. The van der Waals surface area contributed by atoms with Gasteiger partial charge in [0, 0.05) is 11.1 Å². The van der Waals surface area contributed by atoms with Gasteiger partial charge in [-0.05, 0) is 11.1 Å². The summed E-state index contributed by atoms with van der Waals surface area (Å²) in [6, 6.07) is 24.4. The topological polar surface area (TPSA) is 157 Å². The molecule has 3 N–H and O–H groups in total. The van der Waals surface area contributed by atoms with Crippen LogP contribution in [-0.4, -0.2) is 113 Å². The number of ether oxygens (including phenoxy) is 3. The number of halogens is 23. The van der Waals surface area contributed by atoms with E-state index in [1.54, 1.807) is 60.7 Å². The number of ketones is 2. The molecule has 10 nitrogen and oxygen atoms in total. The monoisotopic (exact) mass is 1130 g/mol. The highest BCUT2D eigenvalue weighted by Gasteiger charge is 2.81. The van der Waals surface area contributed by atoms with Gasteiger partial charge >= 0.3 is 72.5 Å². The summed E-state index contributed by atoms with van der Waals surface area (Å²) in [5, 5.41) is 30.7. The molecule has 0 heterocycles. The molecule has 4 unspecified atom stereocenters. The molecule has 0 aliphatic heterocycles. The Balaban J connectivity index is 0.000000425. The molecule has 0 amide bonds. The van der Waals surface area contributed by atoms with E-state index in [0.717, 1.165) is 24.3 Å². The van der Waals surface area contributed by atoms with E-state index in [-0.39, 0.29) is 5.56 Å². The molecular weight excluding hydrogens is 1100 g/mol. The van der Waals surface area contributed by atoms with Crippen molar-refractivity contribution in [2.45, 2.75) is 71.7 Å². The van der Waals surface area contributed by atoms with Gasteiger partial charge in [0.25, 0.3) is 0 Å². The Bertz CT molecular complexity index is 2540. The summed E-state index contributed by atoms with van der Waals surface area (Å²) in [7, 11) is 0. The summed E-state index contributed by atoms with van der Waals surface area (Å²) in [4.78, 5) is 46.7. The van der Waals surface area contributed by atoms with E-state index >= 15 is 0 Å². The number of benzene rings is 4. The first-order chi connectivity index (χ1) is 33.8. The number of hydrogen-bond donors (Lipinski definition) is 3. The first kappa shape index (κ1) is 64.7. The molecule has 75 heavy (non-hydrogen) atoms. The Labute approximate surface area is 401 Å². The fraction of sp³-hybridized carbons (Fsp3) is 0.333. The molecule has 4 atom stereocenters. The van der Waals surface area contributed by atoms with Gasteiger partial charge in [-0.15, -0.1) is 0 Å². The first-order valence-electron chi connectivity index (χ1n) is 19.1. The van der Waals surface area contributed by atoms with E-state index in [2.05, 4.69) is 9.47 Å². The van der Waals surface area contributed by atoms with E-state index in [0.29, 0.717) is 11.1 Å². The Morgan fingerprint density at radius 1 is 0.400 bits per heavy atom. The summed E-state index contributed by atoms with van der Waals surface area (Å²) >= 11 is 0. The van der Waals surface area contributed by atoms with E-state index in [1.807, 2.05) is 0 Å². The van der Waals surface area contributed by atoms with E-state index in [4.69, 9.17) is 0 Å². The molecule has 0 saturated heterocycles. The number of alkyl halides is 22. The third-order valence-electron chi connectivity index (χ3n) is 9.19. The molecule has 0 aliphatic rings. The molecule has 33 heteroatoms. The smallest absolute Gasteiger partial charge is 0.457 e. The second-order valence-corrected chi connectivity index (χ2v) is 14.4. The van der Waals surface area contributed by atoms with Crippen LogP contribution >= 0.6 is 0 Å². The van der Waals surface area contributed by atoms with Crippen LogP contribution in [0.15, 0.2) is 121 Å². The first-order valence-corrected chi connectivity index (χ1v) is 19.1. The van der Waals surface area contributed by atoms with Crippen LogP contribution in [0, 0.1) is 0 Å². The van der Waals surface area contributed by atoms with Crippen molar-refractivity contribution in [2.75, 3.05) is 13.2 Å². The number of carbonyl (C=O) groups is 4. The standard InChI is InChI=1S/C21H13F11O5.C15H14O3.C6F12O2/c22-17(19(25,26)27,37-21(31,32)18(23,24)20(28,29)30)15(34)36-11-16(35,13-9-5-2-6-10-13)14(33)12-7-3-1-4-8-12;16-11-15(18,13-9-5-2-6-10-13)14(17)12-7-3-1-4-8-12;7-1(19)2(8,4(11,12)13)20-6(17,18)3(9,10)5(14,15)16/h1-10,35H,11H2;1-10,16,18H,11H2;. The lowest BCUT2D eigenvalue weighted by atomic mass is 9.86. The average molecular weight is 1130 g/mol. The molecule has 4 aromatic rings. The van der Waals surface area contributed by atoms with Gasteiger partial charge in [-0.2, -0.15) is 101 Å². The predicted molar refractivity (Wildman–Crippen MR) is 200 cm³/mol. The van der Waals surface area contributed by atoms with Crippen molar-refractivity contribution >= 4 is 23.6 Å². The quantitative estimate of drug-likeness (QED) is 0.0403. The Kier molecular flexibility index (Phi) is 19.7. The van der Waals surface area contributed by atoms with Crippen LogP contribution in [0.2, 0.25) is 0 Å². The number of aliphatic hydroxyl groups excluding tert-OH is 1. The van der Waals surface area contributed by atoms with Gasteiger partial charge in [-0.25, -0.2) is 4.79 Å². The molecule has 0 aromatic heterocycles. The van der Waals surface area contributed by atoms with Crippen LogP contribution in [0.1, 0.15) is 31.8 Å². The van der Waals surface area contributed by atoms with Gasteiger partial charge < -0.3 is 20.1 Å². The van der Waals surface area contributed by atoms with Crippen LogP contribution in [-0.2, 0) is 35.0 Å². The fourth-order valence-electron chi connectivity index (χ4n) is 5.16. The molecule has 0 aliphatic carbocycles. The van der Waals surface area contributed by atoms with Gasteiger partial charge in [0.05, 0.1) is 6.61 Å². The zero-order valence-corrected chi connectivity index (χ0v) is 35.9. The zero-order chi connectivity index (χ0) is 58.3. The summed E-state index contributed by atoms with van der Waals surface area (Å²) in [5.74, 6) is -33.5. The lowest BCUT2D eigenvalue weighted by Crippen LogP contribution is -2.62. The van der Waals surface area contributed by atoms with Crippen LogP contribution in [0.4, 0.5) is 101 Å². The van der Waals surface area contributed by atoms with Gasteiger partial charge in [0.1, 0.15) is 6.61 Å². The van der Waals surface area contributed by atoms with Crippen molar-refractivity contribution in [3.05, 3.63) is 144 Å². The summed E-state index contributed by atoms with van der Waals surface area (Å²) in [6.07, 6.45) is -42.8. The van der Waals surface area contributed by atoms with Crippen LogP contribution < -0.4 is 0 Å². The molecular formula is C42H27F23O10. The fourth-order valence-corrected chi connectivity index (χ4v) is 5.16. The van der Waals surface area contributed by atoms with Gasteiger partial charge in [0.2, 0.25) is 11.6 Å². The van der Waals surface area contributed by atoms with Gasteiger partial charge in [-0.3, -0.25) is 23.9 Å². The van der Waals surface area contributed by atoms with Gasteiger partial charge in [-0.1, -0.05) is 121 Å². The second-order valence-electron chi connectivity index (χ2n) is 14.4. The molecule has 4 aromatic carbocycles. The third kappa shape index (κ3) is 13.9. The lowest BCUT2D eigenvalue weighted by Gasteiger charge is -2.34. The molecule has 0 radical (unpaired) electrons. The molecule has 0 fully saturated rings. The number of esters is 1. The molecule has 4 rings (SSSR count). The number of rotatable bonds is 17. The SMILES string of the molecule is O=C(F)C(F)(OC(F)(F)C(F)(F)C(F)(F)F)C(F)(F)F.O=C(c1ccccc1)C(O)(CO)c1ccccc1.O=C(c1ccccc1)C(O)(COC(=O)C(F)(OC(F)(F)C(F)(F)C(F)(F)F)C(F)(F)F)c1ccccc1. The Morgan fingerprint density at radius 2 is 0.680 bits per heavy atom. The highest BCUT2D eigenvalue weighted by atomic mass is 19.4.